The molecule has 1 saturated carbocycles. The van der Waals surface area contributed by atoms with E-state index in [1.807, 2.05) is 6.07 Å². The van der Waals surface area contributed by atoms with Gasteiger partial charge in [0.05, 0.1) is 11.7 Å². The number of aryl methyl sites for hydroxylation is 1. The van der Waals surface area contributed by atoms with Crippen LogP contribution >= 0.6 is 0 Å². The second-order valence-electron chi connectivity index (χ2n) is 5.33. The van der Waals surface area contributed by atoms with Gasteiger partial charge in [-0.25, -0.2) is 4.79 Å². The van der Waals surface area contributed by atoms with E-state index in [1.165, 1.54) is 6.42 Å². The zero-order valence-corrected chi connectivity index (χ0v) is 11.2. The number of carboxylic acid groups (broad SMARTS) is 1. The lowest BCUT2D eigenvalue weighted by Gasteiger charge is -2.28. The fourth-order valence-electron chi connectivity index (χ4n) is 2.69. The Morgan fingerprint density at radius 2 is 2.11 bits per heavy atom. The zero-order chi connectivity index (χ0) is 13.8. The van der Waals surface area contributed by atoms with E-state index in [0.717, 1.165) is 37.1 Å². The van der Waals surface area contributed by atoms with Crippen LogP contribution in [0.4, 0.5) is 5.69 Å². The van der Waals surface area contributed by atoms with Crippen molar-refractivity contribution >= 4 is 11.7 Å². The third-order valence-corrected chi connectivity index (χ3v) is 3.89. The van der Waals surface area contributed by atoms with Crippen molar-refractivity contribution < 1.29 is 15.0 Å². The Kier molecular flexibility index (Phi) is 4.43. The maximum absolute atomic E-state index is 10.9. The average Bonchev–Trinajstić information content (AvgIpc) is 2.37. The predicted molar refractivity (Wildman–Crippen MR) is 74.6 cm³/mol. The number of aliphatic hydroxyl groups is 1. The van der Waals surface area contributed by atoms with Crippen LogP contribution in [0.25, 0.3) is 0 Å². The number of benzene rings is 1. The molecule has 4 heteroatoms. The summed E-state index contributed by atoms with van der Waals surface area (Å²) < 4.78 is 0. The Morgan fingerprint density at radius 3 is 2.74 bits per heavy atom. The highest BCUT2D eigenvalue weighted by molar-refractivity contribution is 5.89. The number of aliphatic hydroxyl groups excluding tert-OH is 1. The van der Waals surface area contributed by atoms with E-state index in [0.29, 0.717) is 11.5 Å². The Labute approximate surface area is 113 Å². The molecule has 104 valence electrons. The Morgan fingerprint density at radius 1 is 1.37 bits per heavy atom. The van der Waals surface area contributed by atoms with E-state index in [2.05, 4.69) is 5.32 Å². The summed E-state index contributed by atoms with van der Waals surface area (Å²) in [4.78, 5) is 10.9. The number of nitrogens with one attached hydrogen (secondary N) is 1. The first-order valence-electron chi connectivity index (χ1n) is 6.84. The Hall–Kier alpha value is -1.55. The van der Waals surface area contributed by atoms with Gasteiger partial charge >= 0.3 is 5.97 Å². The minimum Gasteiger partial charge on any atom is -0.478 e. The van der Waals surface area contributed by atoms with E-state index in [1.54, 1.807) is 19.1 Å². The highest BCUT2D eigenvalue weighted by Crippen LogP contribution is 2.25. The quantitative estimate of drug-likeness (QED) is 0.781. The number of aromatic carboxylic acids is 1. The van der Waals surface area contributed by atoms with Crippen LogP contribution in [0.1, 0.15) is 41.6 Å². The molecule has 3 N–H and O–H groups in total. The smallest absolute Gasteiger partial charge is 0.335 e. The minimum absolute atomic E-state index is 0.208. The van der Waals surface area contributed by atoms with Crippen LogP contribution in [0.3, 0.4) is 0 Å². The van der Waals surface area contributed by atoms with Gasteiger partial charge in [-0.15, -0.1) is 0 Å². The summed E-state index contributed by atoms with van der Waals surface area (Å²) in [5.74, 6) is -0.597. The van der Waals surface area contributed by atoms with Gasteiger partial charge in [0.1, 0.15) is 0 Å². The first-order chi connectivity index (χ1) is 9.08. The Bertz CT molecular complexity index is 459. The largest absolute Gasteiger partial charge is 0.478 e. The highest BCUT2D eigenvalue weighted by Gasteiger charge is 2.22. The van der Waals surface area contributed by atoms with E-state index < -0.39 is 5.97 Å². The monoisotopic (exact) mass is 263 g/mol. The predicted octanol–water partition coefficient (Wildman–Crippen LogP) is 2.66. The molecule has 2 unspecified atom stereocenters. The molecule has 0 saturated heterocycles. The van der Waals surface area contributed by atoms with E-state index in [4.69, 9.17) is 5.11 Å². The van der Waals surface area contributed by atoms with Crippen molar-refractivity contribution in [3.8, 4) is 0 Å². The van der Waals surface area contributed by atoms with Crippen LogP contribution in [-0.4, -0.2) is 28.8 Å². The lowest BCUT2D eigenvalue weighted by molar-refractivity contribution is 0.0696. The molecule has 2 rings (SSSR count). The van der Waals surface area contributed by atoms with E-state index >= 15 is 0 Å². The van der Waals surface area contributed by atoms with Gasteiger partial charge in [0, 0.05) is 18.2 Å². The minimum atomic E-state index is -0.897. The van der Waals surface area contributed by atoms with Gasteiger partial charge in [-0.05, 0) is 43.5 Å². The number of anilines is 1. The van der Waals surface area contributed by atoms with Crippen molar-refractivity contribution in [3.63, 3.8) is 0 Å². The molecule has 19 heavy (non-hydrogen) atoms. The number of rotatable bonds is 4. The first-order valence-corrected chi connectivity index (χ1v) is 6.84. The second kappa shape index (κ2) is 6.06. The van der Waals surface area contributed by atoms with Crippen molar-refractivity contribution in [2.75, 3.05) is 11.9 Å². The van der Waals surface area contributed by atoms with Gasteiger partial charge < -0.3 is 15.5 Å². The second-order valence-corrected chi connectivity index (χ2v) is 5.33. The normalized spacial score (nSPS) is 23.1. The molecule has 0 aliphatic heterocycles. The van der Waals surface area contributed by atoms with Gasteiger partial charge in [0.2, 0.25) is 0 Å². The van der Waals surface area contributed by atoms with Crippen molar-refractivity contribution in [2.45, 2.75) is 38.7 Å². The highest BCUT2D eigenvalue weighted by atomic mass is 16.4. The van der Waals surface area contributed by atoms with Gasteiger partial charge in [0.15, 0.2) is 0 Å². The molecule has 0 bridgehead atoms. The van der Waals surface area contributed by atoms with E-state index in [9.17, 15) is 9.90 Å². The van der Waals surface area contributed by atoms with Crippen molar-refractivity contribution in [3.05, 3.63) is 29.3 Å². The van der Waals surface area contributed by atoms with Gasteiger partial charge in [-0.2, -0.15) is 0 Å². The fraction of sp³-hybridized carbons (Fsp3) is 0.533. The van der Waals surface area contributed by atoms with Crippen molar-refractivity contribution in [1.82, 2.24) is 0 Å². The molecule has 0 heterocycles. The van der Waals surface area contributed by atoms with E-state index in [-0.39, 0.29) is 6.10 Å². The number of carboxylic acids is 1. The molecule has 0 radical (unpaired) electrons. The molecule has 1 aliphatic rings. The number of carbonyl (C=O) groups is 1. The maximum atomic E-state index is 10.9. The summed E-state index contributed by atoms with van der Waals surface area (Å²) in [5, 5.41) is 22.2. The van der Waals surface area contributed by atoms with Crippen LogP contribution < -0.4 is 5.32 Å². The van der Waals surface area contributed by atoms with Crippen molar-refractivity contribution in [2.24, 2.45) is 5.92 Å². The zero-order valence-electron chi connectivity index (χ0n) is 11.2. The fourth-order valence-corrected chi connectivity index (χ4v) is 2.69. The molecular weight excluding hydrogens is 242 g/mol. The summed E-state index contributed by atoms with van der Waals surface area (Å²) in [5.41, 5.74) is 2.00. The molecule has 1 aliphatic carbocycles. The number of hydrogen-bond donors (Lipinski definition) is 3. The number of hydrogen-bond acceptors (Lipinski definition) is 3. The summed E-state index contributed by atoms with van der Waals surface area (Å²) in [6, 6.07) is 5.25. The average molecular weight is 263 g/mol. The van der Waals surface area contributed by atoms with Crippen LogP contribution in [-0.2, 0) is 0 Å². The van der Waals surface area contributed by atoms with Crippen molar-refractivity contribution in [1.29, 1.82) is 0 Å². The Balaban J connectivity index is 1.96. The molecule has 1 aromatic carbocycles. The summed E-state index contributed by atoms with van der Waals surface area (Å²) in [6.45, 7) is 2.54. The summed E-state index contributed by atoms with van der Waals surface area (Å²) in [7, 11) is 0. The molecule has 1 fully saturated rings. The lowest BCUT2D eigenvalue weighted by atomic mass is 9.86. The molecule has 4 nitrogen and oxygen atoms in total. The molecule has 0 spiro atoms. The molecule has 0 amide bonds. The molecule has 0 aromatic heterocycles. The third-order valence-electron chi connectivity index (χ3n) is 3.89. The topological polar surface area (TPSA) is 69.6 Å². The van der Waals surface area contributed by atoms with Gasteiger partial charge in [-0.1, -0.05) is 12.8 Å². The SMILES string of the molecule is Cc1cc(NCC2CCCCC2O)ccc1C(=O)O. The van der Waals surface area contributed by atoms with Crippen LogP contribution in [0.15, 0.2) is 18.2 Å². The molecule has 2 atom stereocenters. The van der Waals surface area contributed by atoms with Crippen LogP contribution in [0, 0.1) is 12.8 Å². The third kappa shape index (κ3) is 3.47. The van der Waals surface area contributed by atoms with Gasteiger partial charge in [-0.3, -0.25) is 0 Å². The van der Waals surface area contributed by atoms with Crippen LogP contribution in [0.5, 0.6) is 0 Å². The van der Waals surface area contributed by atoms with Crippen LogP contribution in [0.2, 0.25) is 0 Å². The lowest BCUT2D eigenvalue weighted by Crippen LogP contribution is -2.30. The molecular formula is C15H21NO3. The van der Waals surface area contributed by atoms with Gasteiger partial charge in [0.25, 0.3) is 0 Å². The summed E-state index contributed by atoms with van der Waals surface area (Å²) in [6.07, 6.45) is 4.04. The first kappa shape index (κ1) is 13.9. The molecule has 1 aromatic rings. The maximum Gasteiger partial charge on any atom is 0.335 e. The summed E-state index contributed by atoms with van der Waals surface area (Å²) >= 11 is 0. The standard InChI is InChI=1S/C15H21NO3/c1-10-8-12(6-7-13(10)15(18)19)16-9-11-4-2-3-5-14(11)17/h6-8,11,14,16-17H,2-5,9H2,1H3,(H,18,19).